The normalized spacial score (nSPS) is 25.6. The van der Waals surface area contributed by atoms with Crippen LogP contribution in [0.1, 0.15) is 45.4 Å². The van der Waals surface area contributed by atoms with Crippen LogP contribution < -0.4 is 0 Å². The molecule has 0 aromatic rings. The highest BCUT2D eigenvalue weighted by molar-refractivity contribution is 5.79. The molecule has 1 N–H and O–H groups in total. The van der Waals surface area contributed by atoms with Crippen molar-refractivity contribution in [1.82, 2.24) is 4.90 Å². The third kappa shape index (κ3) is 4.70. The predicted octanol–water partition coefficient (Wildman–Crippen LogP) is 2.15. The highest BCUT2D eigenvalue weighted by Gasteiger charge is 2.31. The Morgan fingerprint density at radius 3 is 2.67 bits per heavy atom. The van der Waals surface area contributed by atoms with Crippen molar-refractivity contribution in [2.24, 2.45) is 17.8 Å². The van der Waals surface area contributed by atoms with E-state index in [1.807, 2.05) is 11.8 Å². The summed E-state index contributed by atoms with van der Waals surface area (Å²) in [6.07, 6.45) is 4.89. The van der Waals surface area contributed by atoms with Gasteiger partial charge in [-0.25, -0.2) is 0 Å². The Balaban J connectivity index is 1.84. The summed E-state index contributed by atoms with van der Waals surface area (Å²) in [5, 5.41) is 8.79. The van der Waals surface area contributed by atoms with E-state index in [-0.39, 0.29) is 18.2 Å². The Morgan fingerprint density at radius 2 is 2.00 bits per heavy atom. The standard InChI is InChI=1S/C16H27NO4/c1-12(14-6-9-21-10-7-14)16(20)17-8-2-3-13(11-17)4-5-15(18)19/h12-14H,2-11H2,1H3,(H,18,19)/t12-,13-/m0/s1. The fourth-order valence-corrected chi connectivity index (χ4v) is 3.53. The van der Waals surface area contributed by atoms with Crippen LogP contribution in [0.15, 0.2) is 0 Å². The van der Waals surface area contributed by atoms with Gasteiger partial charge >= 0.3 is 5.97 Å². The number of piperidine rings is 1. The molecule has 2 aliphatic rings. The van der Waals surface area contributed by atoms with E-state index in [0.717, 1.165) is 52.0 Å². The first-order valence-corrected chi connectivity index (χ1v) is 8.16. The van der Waals surface area contributed by atoms with Crippen LogP contribution in [-0.2, 0) is 14.3 Å². The Hall–Kier alpha value is -1.10. The number of likely N-dealkylation sites (tertiary alicyclic amines) is 1. The highest BCUT2D eigenvalue weighted by atomic mass is 16.5. The van der Waals surface area contributed by atoms with Crippen LogP contribution in [0.4, 0.5) is 0 Å². The predicted molar refractivity (Wildman–Crippen MR) is 78.9 cm³/mol. The molecular weight excluding hydrogens is 270 g/mol. The lowest BCUT2D eigenvalue weighted by Gasteiger charge is -2.36. The molecule has 2 fully saturated rings. The van der Waals surface area contributed by atoms with Crippen LogP contribution >= 0.6 is 0 Å². The van der Waals surface area contributed by atoms with Gasteiger partial charge in [0.1, 0.15) is 0 Å². The summed E-state index contributed by atoms with van der Waals surface area (Å²) in [6, 6.07) is 0. The number of carbonyl (C=O) groups is 2. The summed E-state index contributed by atoms with van der Waals surface area (Å²) in [6.45, 7) is 5.14. The summed E-state index contributed by atoms with van der Waals surface area (Å²) in [5.41, 5.74) is 0. The van der Waals surface area contributed by atoms with Gasteiger partial charge in [-0.2, -0.15) is 0 Å². The maximum atomic E-state index is 12.6. The van der Waals surface area contributed by atoms with Crippen LogP contribution in [0.2, 0.25) is 0 Å². The van der Waals surface area contributed by atoms with E-state index in [1.54, 1.807) is 0 Å². The first-order chi connectivity index (χ1) is 10.1. The summed E-state index contributed by atoms with van der Waals surface area (Å²) >= 11 is 0. The van der Waals surface area contributed by atoms with E-state index in [4.69, 9.17) is 9.84 Å². The largest absolute Gasteiger partial charge is 0.481 e. The van der Waals surface area contributed by atoms with Crippen molar-refractivity contribution in [2.45, 2.75) is 45.4 Å². The van der Waals surface area contributed by atoms with E-state index in [9.17, 15) is 9.59 Å². The maximum Gasteiger partial charge on any atom is 0.303 e. The average Bonchev–Trinajstić information content (AvgIpc) is 2.52. The number of amides is 1. The molecule has 120 valence electrons. The fraction of sp³-hybridized carbons (Fsp3) is 0.875. The number of rotatable bonds is 5. The van der Waals surface area contributed by atoms with Gasteiger partial charge < -0.3 is 14.7 Å². The molecule has 0 aromatic carbocycles. The number of hydrogen-bond donors (Lipinski definition) is 1. The van der Waals surface area contributed by atoms with Crippen molar-refractivity contribution >= 4 is 11.9 Å². The maximum absolute atomic E-state index is 12.6. The Morgan fingerprint density at radius 1 is 1.29 bits per heavy atom. The molecule has 2 heterocycles. The second kappa shape index (κ2) is 7.78. The van der Waals surface area contributed by atoms with Gasteiger partial charge in [-0.1, -0.05) is 6.92 Å². The van der Waals surface area contributed by atoms with E-state index >= 15 is 0 Å². The van der Waals surface area contributed by atoms with Crippen LogP contribution in [0.5, 0.6) is 0 Å². The first-order valence-electron chi connectivity index (χ1n) is 8.16. The summed E-state index contributed by atoms with van der Waals surface area (Å²) in [4.78, 5) is 25.3. The number of carboxylic acid groups (broad SMARTS) is 1. The lowest BCUT2D eigenvalue weighted by Crippen LogP contribution is -2.44. The molecule has 0 radical (unpaired) electrons. The fourth-order valence-electron chi connectivity index (χ4n) is 3.53. The van der Waals surface area contributed by atoms with E-state index in [1.165, 1.54) is 0 Å². The molecule has 0 spiro atoms. The van der Waals surface area contributed by atoms with Gasteiger partial charge in [0.15, 0.2) is 0 Å². The first kappa shape index (κ1) is 16.3. The molecule has 0 aromatic heterocycles. The van der Waals surface area contributed by atoms with Crippen molar-refractivity contribution in [3.8, 4) is 0 Å². The molecule has 2 atom stereocenters. The third-order valence-electron chi connectivity index (χ3n) is 4.96. The Labute approximate surface area is 126 Å². The number of nitrogens with zero attached hydrogens (tertiary/aromatic N) is 1. The van der Waals surface area contributed by atoms with Crippen molar-refractivity contribution < 1.29 is 19.4 Å². The van der Waals surface area contributed by atoms with Crippen molar-refractivity contribution in [1.29, 1.82) is 0 Å². The van der Waals surface area contributed by atoms with Gasteiger partial charge in [0.25, 0.3) is 0 Å². The molecule has 0 aliphatic carbocycles. The lowest BCUT2D eigenvalue weighted by molar-refractivity contribution is -0.140. The zero-order valence-corrected chi connectivity index (χ0v) is 12.9. The third-order valence-corrected chi connectivity index (χ3v) is 4.96. The minimum Gasteiger partial charge on any atom is -0.481 e. The molecule has 2 aliphatic heterocycles. The molecule has 0 saturated carbocycles. The second-order valence-corrected chi connectivity index (χ2v) is 6.46. The molecule has 5 heteroatoms. The van der Waals surface area contributed by atoms with Gasteiger partial charge in [0, 0.05) is 38.6 Å². The molecule has 1 amide bonds. The van der Waals surface area contributed by atoms with Crippen LogP contribution in [-0.4, -0.2) is 48.2 Å². The SMILES string of the molecule is C[C@H](C(=O)N1CCC[C@@H](CCC(=O)O)C1)C1CCOCC1. The number of carboxylic acids is 1. The quantitative estimate of drug-likeness (QED) is 0.844. The summed E-state index contributed by atoms with van der Waals surface area (Å²) in [7, 11) is 0. The number of carbonyl (C=O) groups excluding carboxylic acids is 1. The van der Waals surface area contributed by atoms with Gasteiger partial charge in [-0.3, -0.25) is 9.59 Å². The minimum atomic E-state index is -0.742. The Kier molecular flexibility index (Phi) is 6.03. The number of ether oxygens (including phenoxy) is 1. The highest BCUT2D eigenvalue weighted by Crippen LogP contribution is 2.28. The average molecular weight is 297 g/mol. The lowest BCUT2D eigenvalue weighted by atomic mass is 9.85. The topological polar surface area (TPSA) is 66.8 Å². The minimum absolute atomic E-state index is 0.0622. The molecule has 5 nitrogen and oxygen atoms in total. The molecule has 0 bridgehead atoms. The Bertz CT molecular complexity index is 365. The number of hydrogen-bond acceptors (Lipinski definition) is 3. The molecular formula is C16H27NO4. The van der Waals surface area contributed by atoms with E-state index in [0.29, 0.717) is 18.3 Å². The smallest absolute Gasteiger partial charge is 0.303 e. The number of aliphatic carboxylic acids is 1. The van der Waals surface area contributed by atoms with Gasteiger partial charge in [0.05, 0.1) is 0 Å². The van der Waals surface area contributed by atoms with Gasteiger partial charge in [-0.05, 0) is 43.9 Å². The molecule has 21 heavy (non-hydrogen) atoms. The zero-order chi connectivity index (χ0) is 15.2. The molecule has 2 rings (SSSR count). The summed E-state index contributed by atoms with van der Waals surface area (Å²) in [5.74, 6) is 0.356. The summed E-state index contributed by atoms with van der Waals surface area (Å²) < 4.78 is 5.37. The van der Waals surface area contributed by atoms with Crippen molar-refractivity contribution in [3.05, 3.63) is 0 Å². The van der Waals surface area contributed by atoms with Gasteiger partial charge in [0.2, 0.25) is 5.91 Å². The zero-order valence-electron chi connectivity index (χ0n) is 12.9. The molecule has 0 unspecified atom stereocenters. The monoisotopic (exact) mass is 297 g/mol. The van der Waals surface area contributed by atoms with Crippen LogP contribution in [0, 0.1) is 17.8 Å². The van der Waals surface area contributed by atoms with E-state index < -0.39 is 5.97 Å². The van der Waals surface area contributed by atoms with E-state index in [2.05, 4.69) is 0 Å². The van der Waals surface area contributed by atoms with Crippen molar-refractivity contribution in [2.75, 3.05) is 26.3 Å². The van der Waals surface area contributed by atoms with Crippen molar-refractivity contribution in [3.63, 3.8) is 0 Å². The van der Waals surface area contributed by atoms with Crippen LogP contribution in [0.25, 0.3) is 0 Å². The van der Waals surface area contributed by atoms with Crippen LogP contribution in [0.3, 0.4) is 0 Å². The second-order valence-electron chi connectivity index (χ2n) is 6.46. The van der Waals surface area contributed by atoms with Gasteiger partial charge in [-0.15, -0.1) is 0 Å². The molecule has 2 saturated heterocycles.